The summed E-state index contributed by atoms with van der Waals surface area (Å²) in [5.41, 5.74) is 9.23. The van der Waals surface area contributed by atoms with Crippen LogP contribution >= 0.6 is 11.8 Å². The fourth-order valence-corrected chi connectivity index (χ4v) is 5.44. The van der Waals surface area contributed by atoms with Crippen LogP contribution in [0.15, 0.2) is 47.4 Å². The normalized spacial score (nSPS) is 24.8. The fraction of sp³-hybridized carbons (Fsp3) is 0.409. The van der Waals surface area contributed by atoms with Crippen LogP contribution in [-0.2, 0) is 25.6 Å². The number of carbonyl (C=O) groups excluding carboxylic acids is 1. The summed E-state index contributed by atoms with van der Waals surface area (Å²) in [4.78, 5) is 13.3. The Kier molecular flexibility index (Phi) is 6.11. The van der Waals surface area contributed by atoms with E-state index in [1.54, 1.807) is 23.9 Å². The minimum absolute atomic E-state index is 0.424. The largest absolute Gasteiger partial charge is 0.358 e. The first-order valence-corrected chi connectivity index (χ1v) is 12.4. The summed E-state index contributed by atoms with van der Waals surface area (Å²) in [5, 5.41) is 3.40. The summed E-state index contributed by atoms with van der Waals surface area (Å²) in [5.74, 6) is 0.664. The van der Waals surface area contributed by atoms with Crippen LogP contribution in [0.3, 0.4) is 0 Å². The molecule has 0 spiro atoms. The number of piperidine rings is 1. The van der Waals surface area contributed by atoms with Gasteiger partial charge < -0.3 is 15.2 Å². The molecule has 4 rings (SSSR count). The second-order valence-electron chi connectivity index (χ2n) is 7.67. The third kappa shape index (κ3) is 4.01. The van der Waals surface area contributed by atoms with Crippen LogP contribution in [0, 0.1) is 0 Å². The van der Waals surface area contributed by atoms with Crippen molar-refractivity contribution >= 4 is 28.8 Å². The molecule has 29 heavy (non-hydrogen) atoms. The molecule has 154 valence electrons. The lowest BCUT2D eigenvalue weighted by Gasteiger charge is -2.27. The van der Waals surface area contributed by atoms with Gasteiger partial charge in [0.25, 0.3) is 0 Å². The van der Waals surface area contributed by atoms with Crippen LogP contribution < -0.4 is 11.1 Å². The number of nitrogens with two attached hydrogens (primary N) is 1. The minimum atomic E-state index is -1.83. The third-order valence-corrected chi connectivity index (χ3v) is 7.47. The second kappa shape index (κ2) is 8.60. The molecule has 1 saturated heterocycles. The highest BCUT2D eigenvalue weighted by Gasteiger charge is 2.43. The molecular formula is C22H26N2O3S2. The number of benzene rings is 2. The fourth-order valence-electron chi connectivity index (χ4n) is 4.14. The number of hydrogen-bond donors (Lipinski definition) is 2. The van der Waals surface area contributed by atoms with E-state index in [4.69, 9.17) is 9.92 Å². The Morgan fingerprint density at radius 1 is 1.21 bits per heavy atom. The molecule has 2 aliphatic heterocycles. The van der Waals surface area contributed by atoms with E-state index < -0.39 is 22.6 Å². The first-order chi connectivity index (χ1) is 14.0. The lowest BCUT2D eigenvalue weighted by Crippen LogP contribution is -2.46. The molecule has 1 fully saturated rings. The summed E-state index contributed by atoms with van der Waals surface area (Å²) in [6.07, 6.45) is 4.70. The highest BCUT2D eigenvalue weighted by atomic mass is 32.2. The van der Waals surface area contributed by atoms with Crippen molar-refractivity contribution in [3.8, 4) is 11.1 Å². The zero-order valence-corrected chi connectivity index (χ0v) is 18.1. The summed E-state index contributed by atoms with van der Waals surface area (Å²) in [6, 6.07) is 14.0. The van der Waals surface area contributed by atoms with Crippen molar-refractivity contribution in [2.75, 3.05) is 25.1 Å². The lowest BCUT2D eigenvalue weighted by atomic mass is 9.82. The molecule has 0 aliphatic carbocycles. The number of carbonyl (C=O) groups is 1. The maximum Gasteiger partial charge on any atom is 0.345 e. The molecule has 2 atom stereocenters. The van der Waals surface area contributed by atoms with Gasteiger partial charge in [-0.2, -0.15) is 11.8 Å². The van der Waals surface area contributed by atoms with E-state index in [9.17, 15) is 9.00 Å². The number of rotatable bonds is 5. The average molecular weight is 431 g/mol. The molecular weight excluding hydrogens is 404 g/mol. The molecule has 0 radical (unpaired) electrons. The van der Waals surface area contributed by atoms with Gasteiger partial charge in [-0.3, -0.25) is 0 Å². The molecule has 2 bridgehead atoms. The van der Waals surface area contributed by atoms with Crippen LogP contribution in [0.25, 0.3) is 11.1 Å². The van der Waals surface area contributed by atoms with Gasteiger partial charge in [-0.1, -0.05) is 30.3 Å². The maximum absolute atomic E-state index is 12.8. The van der Waals surface area contributed by atoms with Gasteiger partial charge in [0, 0.05) is 0 Å². The summed E-state index contributed by atoms with van der Waals surface area (Å²) >= 11 is -0.208. The Hall–Kier alpha value is -1.67. The van der Waals surface area contributed by atoms with E-state index in [2.05, 4.69) is 29.6 Å². The Bertz CT molecular complexity index is 926. The lowest BCUT2D eigenvalue weighted by molar-refractivity contribution is -0.139. The number of fused-ring (bicyclic) bond motifs is 2. The van der Waals surface area contributed by atoms with Crippen molar-refractivity contribution in [2.24, 2.45) is 5.73 Å². The van der Waals surface area contributed by atoms with E-state index in [-0.39, 0.29) is 0 Å². The Balaban J connectivity index is 1.74. The third-order valence-electron chi connectivity index (χ3n) is 5.91. The van der Waals surface area contributed by atoms with Crippen molar-refractivity contribution in [1.29, 1.82) is 0 Å². The van der Waals surface area contributed by atoms with Gasteiger partial charge in [0.2, 0.25) is 11.1 Å². The molecule has 7 heteroatoms. The van der Waals surface area contributed by atoms with E-state index in [0.717, 1.165) is 37.1 Å². The SMILES string of the molecule is CSCCC1(N)C(=O)OS(=O)c2ccc(-c3ccc(C4CCNCC4)cc3)c1c2. The van der Waals surface area contributed by atoms with Gasteiger partial charge in [0.05, 0.1) is 4.90 Å². The summed E-state index contributed by atoms with van der Waals surface area (Å²) < 4.78 is 17.5. The van der Waals surface area contributed by atoms with E-state index in [1.807, 2.05) is 12.3 Å². The molecule has 2 aromatic rings. The molecule has 2 aromatic carbocycles. The number of thioether (sulfide) groups is 1. The van der Waals surface area contributed by atoms with E-state index >= 15 is 0 Å². The van der Waals surface area contributed by atoms with E-state index in [0.29, 0.717) is 28.6 Å². The van der Waals surface area contributed by atoms with Gasteiger partial charge in [0.15, 0.2) is 0 Å². The molecule has 0 amide bonds. The molecule has 0 aromatic heterocycles. The predicted octanol–water partition coefficient (Wildman–Crippen LogP) is 3.31. The predicted molar refractivity (Wildman–Crippen MR) is 118 cm³/mol. The zero-order valence-electron chi connectivity index (χ0n) is 16.5. The minimum Gasteiger partial charge on any atom is -0.358 e. The molecule has 0 saturated carbocycles. The summed E-state index contributed by atoms with van der Waals surface area (Å²) in [6.45, 7) is 2.12. The molecule has 3 N–H and O–H groups in total. The van der Waals surface area contributed by atoms with Crippen molar-refractivity contribution < 1.29 is 13.2 Å². The van der Waals surface area contributed by atoms with E-state index in [1.165, 1.54) is 5.56 Å². The van der Waals surface area contributed by atoms with Crippen molar-refractivity contribution in [3.63, 3.8) is 0 Å². The zero-order chi connectivity index (χ0) is 20.4. The number of nitrogens with one attached hydrogen (secondary N) is 1. The van der Waals surface area contributed by atoms with Crippen LogP contribution in [0.5, 0.6) is 0 Å². The Morgan fingerprint density at radius 3 is 2.62 bits per heavy atom. The second-order valence-corrected chi connectivity index (χ2v) is 9.77. The summed E-state index contributed by atoms with van der Waals surface area (Å²) in [7, 11) is 0. The topological polar surface area (TPSA) is 81.4 Å². The smallest absolute Gasteiger partial charge is 0.345 e. The van der Waals surface area contributed by atoms with Gasteiger partial charge in [-0.05, 0) is 84.7 Å². The first-order valence-electron chi connectivity index (χ1n) is 9.91. The number of hydrogen-bond acceptors (Lipinski definition) is 6. The Labute approximate surface area is 178 Å². The van der Waals surface area contributed by atoms with Crippen LogP contribution in [-0.4, -0.2) is 35.3 Å². The van der Waals surface area contributed by atoms with Crippen molar-refractivity contribution in [1.82, 2.24) is 5.32 Å². The van der Waals surface area contributed by atoms with Gasteiger partial charge >= 0.3 is 5.97 Å². The van der Waals surface area contributed by atoms with Crippen molar-refractivity contribution in [3.05, 3.63) is 53.6 Å². The first kappa shape index (κ1) is 20.6. The maximum atomic E-state index is 12.8. The Morgan fingerprint density at radius 2 is 1.93 bits per heavy atom. The molecule has 2 heterocycles. The standard InChI is InChI=1S/C22H26N2O3S2/c1-28-13-10-22(23)20-14-18(29(26)27-21(22)25)6-7-19(20)17-4-2-15(3-5-17)16-8-11-24-12-9-16/h2-7,14,16,24H,8-13,23H2,1H3. The quantitative estimate of drug-likeness (QED) is 0.757. The van der Waals surface area contributed by atoms with Gasteiger partial charge in [-0.25, -0.2) is 9.00 Å². The highest BCUT2D eigenvalue weighted by Crippen LogP contribution is 2.39. The van der Waals surface area contributed by atoms with Gasteiger partial charge in [0.1, 0.15) is 5.54 Å². The van der Waals surface area contributed by atoms with Crippen LogP contribution in [0.4, 0.5) is 0 Å². The van der Waals surface area contributed by atoms with Gasteiger partial charge in [-0.15, -0.1) is 0 Å². The molecule has 5 nitrogen and oxygen atoms in total. The molecule has 2 aliphatic rings. The van der Waals surface area contributed by atoms with Crippen molar-refractivity contribution in [2.45, 2.75) is 35.6 Å². The van der Waals surface area contributed by atoms with Crippen LogP contribution in [0.2, 0.25) is 0 Å². The monoisotopic (exact) mass is 430 g/mol. The van der Waals surface area contributed by atoms with Crippen LogP contribution in [0.1, 0.15) is 36.3 Å². The molecule has 2 unspecified atom stereocenters. The average Bonchev–Trinajstić information content (AvgIpc) is 2.83. The highest BCUT2D eigenvalue weighted by molar-refractivity contribution is 7.98.